The third-order valence-electron chi connectivity index (χ3n) is 5.78. The Kier molecular flexibility index (Phi) is 9.88. The van der Waals surface area contributed by atoms with Gasteiger partial charge in [-0.05, 0) is 65.1 Å². The summed E-state index contributed by atoms with van der Waals surface area (Å²) >= 11 is 1.94. The lowest BCUT2D eigenvalue weighted by atomic mass is 9.87. The van der Waals surface area contributed by atoms with Crippen LogP contribution < -0.4 is 10.1 Å². The maximum atomic E-state index is 13.6. The van der Waals surface area contributed by atoms with Gasteiger partial charge >= 0.3 is 12.4 Å². The summed E-state index contributed by atoms with van der Waals surface area (Å²) in [6, 6.07) is 7.50. The quantitative estimate of drug-likeness (QED) is 0.292. The van der Waals surface area contributed by atoms with Crippen molar-refractivity contribution >= 4 is 34.4 Å². The third-order valence-corrected chi connectivity index (χ3v) is 6.68. The van der Waals surface area contributed by atoms with Crippen molar-refractivity contribution in [3.8, 4) is 5.75 Å². The number of ether oxygens (including phenoxy) is 1. The molecule has 0 spiro atoms. The number of rotatable bonds is 8. The average molecular weight is 672 g/mol. The summed E-state index contributed by atoms with van der Waals surface area (Å²) in [7, 11) is 0. The Morgan fingerprint density at radius 2 is 1.69 bits per heavy atom. The molecule has 0 bridgehead atoms. The highest BCUT2D eigenvalue weighted by atomic mass is 127. The van der Waals surface area contributed by atoms with Crippen LogP contribution in [0.15, 0.2) is 60.2 Å². The molecule has 3 N–H and O–H groups in total. The lowest BCUT2D eigenvalue weighted by Crippen LogP contribution is -2.57. The Hall–Kier alpha value is -2.85. The fourth-order valence-electron chi connectivity index (χ4n) is 3.97. The molecule has 7 nitrogen and oxygen atoms in total. The lowest BCUT2D eigenvalue weighted by Gasteiger charge is -2.40. The summed E-state index contributed by atoms with van der Waals surface area (Å²) in [5.41, 5.74) is -1.69. The van der Waals surface area contributed by atoms with Crippen LogP contribution in [-0.2, 0) is 11.0 Å². The number of aliphatic hydroxyl groups is 2. The van der Waals surface area contributed by atoms with Gasteiger partial charge in [-0.2, -0.15) is 26.3 Å². The minimum Gasteiger partial charge on any atom is -0.482 e. The number of carbonyl (C=O) groups excluding carboxylic acids is 2. The van der Waals surface area contributed by atoms with Crippen molar-refractivity contribution in [2.75, 3.05) is 19.7 Å². The van der Waals surface area contributed by atoms with E-state index in [1.54, 1.807) is 18.2 Å². The molecule has 3 rings (SSSR count). The van der Waals surface area contributed by atoms with Crippen LogP contribution in [0.1, 0.15) is 22.3 Å². The van der Waals surface area contributed by atoms with Crippen molar-refractivity contribution in [3.05, 3.63) is 74.9 Å². The van der Waals surface area contributed by atoms with Crippen molar-refractivity contribution in [3.63, 3.8) is 0 Å². The molecule has 1 aliphatic rings. The van der Waals surface area contributed by atoms with E-state index in [4.69, 9.17) is 9.84 Å². The van der Waals surface area contributed by atoms with Gasteiger partial charge in [-0.15, -0.1) is 0 Å². The Morgan fingerprint density at radius 1 is 1.05 bits per heavy atom. The topological polar surface area (TPSA) is 99.1 Å². The minimum absolute atomic E-state index is 0.109. The van der Waals surface area contributed by atoms with Gasteiger partial charge in [0.15, 0.2) is 0 Å². The molecular formula is C25H23F6IN2O5. The molecule has 0 radical (unpaired) electrons. The number of benzene rings is 2. The van der Waals surface area contributed by atoms with Crippen molar-refractivity contribution in [1.82, 2.24) is 10.2 Å². The van der Waals surface area contributed by atoms with Crippen LogP contribution in [0.25, 0.3) is 0 Å². The van der Waals surface area contributed by atoms with Crippen LogP contribution in [-0.4, -0.2) is 71.0 Å². The minimum atomic E-state index is -4.95. The monoisotopic (exact) mass is 672 g/mol. The zero-order chi connectivity index (χ0) is 29.0. The predicted molar refractivity (Wildman–Crippen MR) is 135 cm³/mol. The number of amides is 2. The molecule has 0 saturated carbocycles. The normalized spacial score (nSPS) is 19.7. The number of aliphatic hydroxyl groups excluding tert-OH is 2. The van der Waals surface area contributed by atoms with Crippen LogP contribution in [0.2, 0.25) is 0 Å². The van der Waals surface area contributed by atoms with Gasteiger partial charge in [0.25, 0.3) is 5.91 Å². The highest BCUT2D eigenvalue weighted by Gasteiger charge is 2.45. The molecule has 0 saturated heterocycles. The Labute approximate surface area is 232 Å². The van der Waals surface area contributed by atoms with E-state index < -0.39 is 73.1 Å². The van der Waals surface area contributed by atoms with Crippen LogP contribution in [0.5, 0.6) is 5.75 Å². The number of nitrogens with one attached hydrogen (secondary N) is 1. The SMILES string of the molecule is O=C(NCCO)C1=CC(Oc2ccccc2I)C(O)C(N(CC(F)(F)F)C(=O)c2ccc(C(F)(F)F)cc2)C1. The summed E-state index contributed by atoms with van der Waals surface area (Å²) < 4.78 is 86.1. The molecule has 212 valence electrons. The Balaban J connectivity index is 2.02. The fraction of sp³-hybridized carbons (Fsp3) is 0.360. The summed E-state index contributed by atoms with van der Waals surface area (Å²) in [6.45, 7) is -2.43. The number of alkyl halides is 6. The summed E-state index contributed by atoms with van der Waals surface area (Å²) in [4.78, 5) is 26.2. The Bertz CT molecular complexity index is 1200. The van der Waals surface area contributed by atoms with E-state index in [-0.39, 0.29) is 22.8 Å². The first-order valence-corrected chi connectivity index (χ1v) is 12.5. The second kappa shape index (κ2) is 12.6. The number of hydrogen-bond acceptors (Lipinski definition) is 5. The van der Waals surface area contributed by atoms with Crippen molar-refractivity contribution in [1.29, 1.82) is 0 Å². The lowest BCUT2D eigenvalue weighted by molar-refractivity contribution is -0.151. The highest BCUT2D eigenvalue weighted by Crippen LogP contribution is 2.33. The van der Waals surface area contributed by atoms with Gasteiger partial charge in [0.2, 0.25) is 5.91 Å². The van der Waals surface area contributed by atoms with E-state index in [1.165, 1.54) is 12.1 Å². The van der Waals surface area contributed by atoms with E-state index in [0.29, 0.717) is 15.7 Å². The van der Waals surface area contributed by atoms with Gasteiger partial charge in [-0.1, -0.05) is 12.1 Å². The second-order valence-corrected chi connectivity index (χ2v) is 9.73. The number of para-hydroxylation sites is 1. The van der Waals surface area contributed by atoms with Crippen molar-refractivity contribution in [2.24, 2.45) is 0 Å². The molecule has 0 fully saturated rings. The van der Waals surface area contributed by atoms with Gasteiger partial charge in [-0.3, -0.25) is 9.59 Å². The predicted octanol–water partition coefficient (Wildman–Crippen LogP) is 3.93. The molecule has 2 aromatic rings. The maximum absolute atomic E-state index is 13.6. The summed E-state index contributed by atoms with van der Waals surface area (Å²) in [6.07, 6.45) is -12.1. The smallest absolute Gasteiger partial charge is 0.416 e. The maximum Gasteiger partial charge on any atom is 0.416 e. The first-order chi connectivity index (χ1) is 18.2. The van der Waals surface area contributed by atoms with Crippen LogP contribution in [0.4, 0.5) is 26.3 Å². The second-order valence-electron chi connectivity index (χ2n) is 8.57. The zero-order valence-corrected chi connectivity index (χ0v) is 22.1. The molecular weight excluding hydrogens is 649 g/mol. The molecule has 39 heavy (non-hydrogen) atoms. The van der Waals surface area contributed by atoms with Crippen LogP contribution >= 0.6 is 22.6 Å². The first kappa shape index (κ1) is 30.7. The van der Waals surface area contributed by atoms with Crippen LogP contribution in [0.3, 0.4) is 0 Å². The largest absolute Gasteiger partial charge is 0.482 e. The fourth-order valence-corrected chi connectivity index (χ4v) is 4.48. The molecule has 0 heterocycles. The number of nitrogens with zero attached hydrogens (tertiary/aromatic N) is 1. The van der Waals surface area contributed by atoms with Crippen LogP contribution in [0, 0.1) is 3.57 Å². The molecule has 2 amide bonds. The van der Waals surface area contributed by atoms with Gasteiger partial charge in [0.05, 0.1) is 21.8 Å². The average Bonchev–Trinajstić information content (AvgIpc) is 2.87. The molecule has 14 heteroatoms. The number of carbonyl (C=O) groups is 2. The van der Waals surface area contributed by atoms with Gasteiger partial charge < -0.3 is 25.2 Å². The van der Waals surface area contributed by atoms with E-state index in [9.17, 15) is 41.0 Å². The summed E-state index contributed by atoms with van der Waals surface area (Å²) in [5.74, 6) is -1.80. The third kappa shape index (κ3) is 8.08. The van der Waals surface area contributed by atoms with Crippen molar-refractivity contribution in [2.45, 2.75) is 37.0 Å². The summed E-state index contributed by atoms with van der Waals surface area (Å²) in [5, 5.41) is 22.5. The number of halogens is 7. The molecule has 1 aliphatic carbocycles. The van der Waals surface area contributed by atoms with E-state index in [0.717, 1.165) is 12.1 Å². The Morgan fingerprint density at radius 3 is 2.26 bits per heavy atom. The first-order valence-electron chi connectivity index (χ1n) is 11.4. The molecule has 3 unspecified atom stereocenters. The van der Waals surface area contributed by atoms with E-state index >= 15 is 0 Å². The zero-order valence-electron chi connectivity index (χ0n) is 20.0. The van der Waals surface area contributed by atoms with E-state index in [2.05, 4.69) is 5.32 Å². The van der Waals surface area contributed by atoms with Crippen molar-refractivity contribution < 1.29 is 50.9 Å². The van der Waals surface area contributed by atoms with E-state index in [1.807, 2.05) is 22.6 Å². The standard InChI is InChI=1S/C25H23F6IN2O5/c26-24(27,28)13-34(23(38)14-5-7-16(8-6-14)25(29,30)31)18-11-15(22(37)33-9-10-35)12-20(21(18)36)39-19-4-2-1-3-17(19)32/h1-8,12,18,20-21,35-36H,9-11,13H2,(H,33,37). The molecule has 3 atom stereocenters. The van der Waals surface area contributed by atoms with Gasteiger partial charge in [-0.25, -0.2) is 0 Å². The molecule has 2 aromatic carbocycles. The highest BCUT2D eigenvalue weighted by molar-refractivity contribution is 14.1. The van der Waals surface area contributed by atoms with Gasteiger partial charge in [0, 0.05) is 24.1 Å². The molecule has 0 aliphatic heterocycles. The number of hydrogen-bond donors (Lipinski definition) is 3. The molecule has 0 aromatic heterocycles. The van der Waals surface area contributed by atoms with Gasteiger partial charge in [0.1, 0.15) is 24.5 Å².